The molecule has 0 spiro atoms. The van der Waals surface area contributed by atoms with Gasteiger partial charge in [-0.25, -0.2) is 4.57 Å². The zero-order chi connectivity index (χ0) is 35.6. The molecule has 0 aliphatic heterocycles. The third-order valence-electron chi connectivity index (χ3n) is 7.47. The van der Waals surface area contributed by atoms with Gasteiger partial charge >= 0.3 is 19.8 Å². The Bertz CT molecular complexity index is 951. The standard InChI is InChI=1S/C37H66NO9P/c1-3-5-7-9-11-12-13-14-16-20-25-29-37(41)47-35(33-46-48(42,43)45-31-30-38)32-44-36(40)28-24-21-17-19-23-27-34(39)26-22-18-15-10-8-6-4-2/h9,11,15,18,22,26,35H,3-8,10,12-14,16-17,19-21,23-25,27-33,38H2,1-2H3,(H,42,43)/b11-9-,18-15-,26-22+/t35-/m1/s1. The predicted octanol–water partition coefficient (Wildman–Crippen LogP) is 9.00. The van der Waals surface area contributed by atoms with Gasteiger partial charge in [0.15, 0.2) is 11.9 Å². The van der Waals surface area contributed by atoms with E-state index in [1.54, 1.807) is 6.08 Å². The van der Waals surface area contributed by atoms with Gasteiger partial charge in [-0.2, -0.15) is 0 Å². The van der Waals surface area contributed by atoms with Gasteiger partial charge in [0.1, 0.15) is 6.61 Å². The number of rotatable bonds is 34. The van der Waals surface area contributed by atoms with E-state index in [1.165, 1.54) is 32.1 Å². The van der Waals surface area contributed by atoms with Crippen molar-refractivity contribution in [3.63, 3.8) is 0 Å². The molecule has 0 amide bonds. The number of allylic oxidation sites excluding steroid dienone is 6. The highest BCUT2D eigenvalue weighted by atomic mass is 31.2. The Hall–Kier alpha value is -2.10. The molecule has 2 atom stereocenters. The number of nitrogens with two attached hydrogens (primary N) is 1. The first-order valence-electron chi connectivity index (χ1n) is 18.4. The fraction of sp³-hybridized carbons (Fsp3) is 0.757. The second-order valence-corrected chi connectivity index (χ2v) is 13.6. The van der Waals surface area contributed by atoms with Crippen LogP contribution in [0.4, 0.5) is 0 Å². The van der Waals surface area contributed by atoms with Gasteiger partial charge < -0.3 is 20.1 Å². The van der Waals surface area contributed by atoms with Gasteiger partial charge in [0, 0.05) is 25.8 Å². The predicted molar refractivity (Wildman–Crippen MR) is 192 cm³/mol. The van der Waals surface area contributed by atoms with Crippen LogP contribution in [0.15, 0.2) is 36.5 Å². The molecule has 278 valence electrons. The Kier molecular flexibility index (Phi) is 31.9. The van der Waals surface area contributed by atoms with Crippen LogP contribution in [0, 0.1) is 0 Å². The molecule has 0 aliphatic carbocycles. The first-order valence-corrected chi connectivity index (χ1v) is 19.9. The van der Waals surface area contributed by atoms with Gasteiger partial charge in [0.25, 0.3) is 0 Å². The highest BCUT2D eigenvalue weighted by Gasteiger charge is 2.25. The summed E-state index contributed by atoms with van der Waals surface area (Å²) in [5.41, 5.74) is 5.31. The Morgan fingerprint density at radius 1 is 0.667 bits per heavy atom. The lowest BCUT2D eigenvalue weighted by molar-refractivity contribution is -0.161. The SMILES string of the molecule is CCCC/C=C\CCCCCCCC(=O)O[C@H](COC(=O)CCCCCCCC(=O)/C=C/C=C\CCCCC)COP(=O)(O)OCCN. The monoisotopic (exact) mass is 699 g/mol. The molecule has 3 N–H and O–H groups in total. The molecule has 0 heterocycles. The molecule has 0 saturated heterocycles. The number of unbranched alkanes of at least 4 members (excludes halogenated alkanes) is 14. The third kappa shape index (κ3) is 32.4. The molecule has 0 bridgehead atoms. The highest BCUT2D eigenvalue weighted by molar-refractivity contribution is 7.47. The normalized spacial score (nSPS) is 13.8. The fourth-order valence-electron chi connectivity index (χ4n) is 4.65. The van der Waals surface area contributed by atoms with E-state index >= 15 is 0 Å². The topological polar surface area (TPSA) is 151 Å². The number of carbonyl (C=O) groups is 3. The van der Waals surface area contributed by atoms with Gasteiger partial charge in [0.2, 0.25) is 0 Å². The first kappa shape index (κ1) is 45.9. The van der Waals surface area contributed by atoms with Crippen LogP contribution in [0.2, 0.25) is 0 Å². The molecule has 1 unspecified atom stereocenters. The number of phosphoric ester groups is 1. The van der Waals surface area contributed by atoms with Crippen LogP contribution >= 0.6 is 7.82 Å². The number of phosphoric acid groups is 1. The molecule has 48 heavy (non-hydrogen) atoms. The summed E-state index contributed by atoms with van der Waals surface area (Å²) < 4.78 is 32.5. The van der Waals surface area contributed by atoms with Crippen LogP contribution in [-0.2, 0) is 37.5 Å². The lowest BCUT2D eigenvalue weighted by atomic mass is 10.1. The number of ketones is 1. The summed E-state index contributed by atoms with van der Waals surface area (Å²) in [6.45, 7) is 3.46. The van der Waals surface area contributed by atoms with Gasteiger partial charge in [-0.05, 0) is 57.4 Å². The van der Waals surface area contributed by atoms with E-state index in [4.69, 9.17) is 24.3 Å². The van der Waals surface area contributed by atoms with Crippen molar-refractivity contribution in [2.24, 2.45) is 5.73 Å². The highest BCUT2D eigenvalue weighted by Crippen LogP contribution is 2.43. The van der Waals surface area contributed by atoms with Gasteiger partial charge in [0.05, 0.1) is 13.2 Å². The lowest BCUT2D eigenvalue weighted by Crippen LogP contribution is -2.29. The number of hydrogen-bond donors (Lipinski definition) is 2. The molecule has 0 radical (unpaired) electrons. The van der Waals surface area contributed by atoms with Crippen molar-refractivity contribution in [2.75, 3.05) is 26.4 Å². The average Bonchev–Trinajstić information content (AvgIpc) is 3.06. The summed E-state index contributed by atoms with van der Waals surface area (Å²) in [6, 6.07) is 0. The molecule has 0 saturated carbocycles. The molecule has 0 fully saturated rings. The largest absolute Gasteiger partial charge is 0.472 e. The molecular weight excluding hydrogens is 633 g/mol. The zero-order valence-corrected chi connectivity index (χ0v) is 30.9. The molecule has 0 aromatic rings. The van der Waals surface area contributed by atoms with Crippen molar-refractivity contribution in [1.82, 2.24) is 0 Å². The van der Waals surface area contributed by atoms with E-state index in [0.717, 1.165) is 70.6 Å². The summed E-state index contributed by atoms with van der Waals surface area (Å²) in [4.78, 5) is 46.6. The van der Waals surface area contributed by atoms with Crippen LogP contribution in [0.25, 0.3) is 0 Å². The summed E-state index contributed by atoms with van der Waals surface area (Å²) >= 11 is 0. The summed E-state index contributed by atoms with van der Waals surface area (Å²) in [5.74, 6) is -0.816. The van der Waals surface area contributed by atoms with E-state index in [9.17, 15) is 23.8 Å². The van der Waals surface area contributed by atoms with Crippen LogP contribution in [0.3, 0.4) is 0 Å². The Morgan fingerprint density at radius 2 is 1.23 bits per heavy atom. The van der Waals surface area contributed by atoms with E-state index in [2.05, 4.69) is 32.1 Å². The van der Waals surface area contributed by atoms with E-state index < -0.39 is 32.5 Å². The van der Waals surface area contributed by atoms with Crippen molar-refractivity contribution < 1.29 is 42.4 Å². The van der Waals surface area contributed by atoms with Crippen molar-refractivity contribution in [3.05, 3.63) is 36.5 Å². The van der Waals surface area contributed by atoms with Gasteiger partial charge in [-0.3, -0.25) is 23.4 Å². The molecule has 10 nitrogen and oxygen atoms in total. The number of carbonyl (C=O) groups excluding carboxylic acids is 3. The molecule has 0 rings (SSSR count). The second-order valence-electron chi connectivity index (χ2n) is 12.1. The lowest BCUT2D eigenvalue weighted by Gasteiger charge is -2.19. The molecule has 0 aliphatic rings. The quantitative estimate of drug-likeness (QED) is 0.0166. The summed E-state index contributed by atoms with van der Waals surface area (Å²) in [5, 5.41) is 0. The van der Waals surface area contributed by atoms with Crippen molar-refractivity contribution in [2.45, 2.75) is 155 Å². The van der Waals surface area contributed by atoms with Crippen LogP contribution < -0.4 is 5.73 Å². The summed E-state index contributed by atoms with van der Waals surface area (Å²) in [6.07, 6.45) is 30.0. The minimum absolute atomic E-state index is 0.0339. The Labute approximate surface area is 290 Å². The Balaban J connectivity index is 4.34. The van der Waals surface area contributed by atoms with Crippen molar-refractivity contribution in [3.8, 4) is 0 Å². The Morgan fingerprint density at radius 3 is 1.90 bits per heavy atom. The van der Waals surface area contributed by atoms with Gasteiger partial charge in [-0.15, -0.1) is 0 Å². The smallest absolute Gasteiger partial charge is 0.462 e. The van der Waals surface area contributed by atoms with Crippen molar-refractivity contribution in [1.29, 1.82) is 0 Å². The van der Waals surface area contributed by atoms with Crippen LogP contribution in [-0.4, -0.2) is 55.1 Å². The van der Waals surface area contributed by atoms with E-state index in [-0.39, 0.29) is 38.4 Å². The van der Waals surface area contributed by atoms with E-state index in [1.807, 2.05) is 12.2 Å². The minimum Gasteiger partial charge on any atom is -0.462 e. The third-order valence-corrected chi connectivity index (χ3v) is 8.46. The maximum Gasteiger partial charge on any atom is 0.472 e. The average molecular weight is 700 g/mol. The summed E-state index contributed by atoms with van der Waals surface area (Å²) in [7, 11) is -4.40. The number of hydrogen-bond acceptors (Lipinski definition) is 9. The first-order chi connectivity index (χ1) is 23.2. The maximum atomic E-state index is 12.5. The second kappa shape index (κ2) is 33.4. The minimum atomic E-state index is -4.40. The van der Waals surface area contributed by atoms with E-state index in [0.29, 0.717) is 19.3 Å². The molecule has 0 aromatic carbocycles. The van der Waals surface area contributed by atoms with Crippen molar-refractivity contribution >= 4 is 25.5 Å². The fourth-order valence-corrected chi connectivity index (χ4v) is 5.42. The van der Waals surface area contributed by atoms with Crippen LogP contribution in [0.1, 0.15) is 149 Å². The van der Waals surface area contributed by atoms with Gasteiger partial charge in [-0.1, -0.05) is 108 Å². The molecule has 11 heteroatoms. The van der Waals surface area contributed by atoms with Crippen LogP contribution in [0.5, 0.6) is 0 Å². The number of ether oxygens (including phenoxy) is 2. The maximum absolute atomic E-state index is 12.5. The molecular formula is C37H66NO9P. The molecule has 0 aromatic heterocycles. The zero-order valence-electron chi connectivity index (χ0n) is 30.0. The number of esters is 2.